The molecule has 2 saturated heterocycles. The SMILES string of the molecule is O=C(Nc1ccccc1F)c1cc(C2CCN(C(=O)CN3CCOC3=O)CC2)[nH]n1. The van der Waals surface area contributed by atoms with E-state index in [2.05, 4.69) is 15.5 Å². The molecule has 3 amide bonds. The lowest BCUT2D eigenvalue weighted by Crippen LogP contribution is -2.44. The standard InChI is InChI=1S/C20H22FN5O4/c21-14-3-1-2-4-15(14)22-19(28)17-11-16(23-24-17)13-5-7-25(8-6-13)18(27)12-26-9-10-30-20(26)29/h1-4,11,13H,5-10,12H2,(H,22,28)(H,23,24). The van der Waals surface area contributed by atoms with E-state index in [1.807, 2.05) is 0 Å². The lowest BCUT2D eigenvalue weighted by molar-refractivity contribution is -0.132. The maximum absolute atomic E-state index is 13.7. The molecule has 2 aliphatic heterocycles. The van der Waals surface area contributed by atoms with Crippen molar-refractivity contribution < 1.29 is 23.5 Å². The lowest BCUT2D eigenvalue weighted by Gasteiger charge is -2.32. The van der Waals surface area contributed by atoms with Gasteiger partial charge in [0, 0.05) is 24.7 Å². The molecule has 0 bridgehead atoms. The molecule has 3 heterocycles. The molecule has 0 unspecified atom stereocenters. The highest BCUT2D eigenvalue weighted by Crippen LogP contribution is 2.27. The third-order valence-electron chi connectivity index (χ3n) is 5.41. The monoisotopic (exact) mass is 415 g/mol. The van der Waals surface area contributed by atoms with E-state index in [1.54, 1.807) is 23.1 Å². The summed E-state index contributed by atoms with van der Waals surface area (Å²) in [6.07, 6.45) is 0.983. The molecule has 4 rings (SSSR count). The highest BCUT2D eigenvalue weighted by atomic mass is 19.1. The number of ether oxygens (including phenoxy) is 1. The fourth-order valence-electron chi connectivity index (χ4n) is 3.68. The highest BCUT2D eigenvalue weighted by molar-refractivity contribution is 6.03. The Morgan fingerprint density at radius 2 is 2.00 bits per heavy atom. The number of H-pyrrole nitrogens is 1. The summed E-state index contributed by atoms with van der Waals surface area (Å²) in [5, 5.41) is 9.45. The number of hydrogen-bond donors (Lipinski definition) is 2. The fraction of sp³-hybridized carbons (Fsp3) is 0.400. The van der Waals surface area contributed by atoms with Gasteiger partial charge in [0.05, 0.1) is 12.2 Å². The van der Waals surface area contributed by atoms with Crippen LogP contribution in [0.2, 0.25) is 0 Å². The second kappa shape index (κ2) is 8.52. The largest absolute Gasteiger partial charge is 0.448 e. The minimum Gasteiger partial charge on any atom is -0.448 e. The number of rotatable bonds is 5. The molecule has 2 fully saturated rings. The molecule has 158 valence electrons. The van der Waals surface area contributed by atoms with Crippen molar-refractivity contribution in [3.05, 3.63) is 47.5 Å². The predicted octanol–water partition coefficient (Wildman–Crippen LogP) is 1.96. The fourth-order valence-corrected chi connectivity index (χ4v) is 3.68. The molecule has 0 radical (unpaired) electrons. The van der Waals surface area contributed by atoms with E-state index in [0.717, 1.165) is 5.69 Å². The molecule has 2 N–H and O–H groups in total. The van der Waals surface area contributed by atoms with Crippen LogP contribution in [-0.2, 0) is 9.53 Å². The van der Waals surface area contributed by atoms with E-state index < -0.39 is 17.8 Å². The van der Waals surface area contributed by atoms with E-state index in [1.165, 1.54) is 17.0 Å². The van der Waals surface area contributed by atoms with Crippen molar-refractivity contribution in [2.45, 2.75) is 18.8 Å². The molecule has 0 spiro atoms. The number of amides is 3. The van der Waals surface area contributed by atoms with Crippen LogP contribution in [0.25, 0.3) is 0 Å². The lowest BCUT2D eigenvalue weighted by atomic mass is 9.93. The average molecular weight is 415 g/mol. The molecule has 0 saturated carbocycles. The van der Waals surface area contributed by atoms with Crippen molar-refractivity contribution in [1.29, 1.82) is 0 Å². The topological polar surface area (TPSA) is 108 Å². The molecule has 1 aromatic carbocycles. The quantitative estimate of drug-likeness (QED) is 0.776. The van der Waals surface area contributed by atoms with Crippen LogP contribution >= 0.6 is 0 Å². The van der Waals surface area contributed by atoms with Gasteiger partial charge < -0.3 is 15.0 Å². The number of hydrogen-bond acceptors (Lipinski definition) is 5. The number of aromatic amines is 1. The summed E-state index contributed by atoms with van der Waals surface area (Å²) in [5.74, 6) is -0.969. The zero-order valence-corrected chi connectivity index (χ0v) is 16.3. The number of cyclic esters (lactones) is 1. The number of halogens is 1. The van der Waals surface area contributed by atoms with Crippen LogP contribution in [-0.4, -0.2) is 70.7 Å². The van der Waals surface area contributed by atoms with E-state index in [0.29, 0.717) is 39.1 Å². The van der Waals surface area contributed by atoms with Crippen molar-refractivity contribution in [3.63, 3.8) is 0 Å². The highest BCUT2D eigenvalue weighted by Gasteiger charge is 2.29. The minimum absolute atomic E-state index is 0.0356. The van der Waals surface area contributed by atoms with E-state index in [4.69, 9.17) is 4.74 Å². The number of carbonyl (C=O) groups is 3. The van der Waals surface area contributed by atoms with Crippen molar-refractivity contribution in [2.75, 3.05) is 38.1 Å². The first kappa shape index (κ1) is 19.9. The molecular weight excluding hydrogens is 393 g/mol. The van der Waals surface area contributed by atoms with Crippen molar-refractivity contribution >= 4 is 23.6 Å². The molecule has 0 atom stereocenters. The number of para-hydroxylation sites is 1. The first-order valence-corrected chi connectivity index (χ1v) is 9.82. The molecule has 0 aliphatic carbocycles. The van der Waals surface area contributed by atoms with Gasteiger partial charge in [0.15, 0.2) is 5.69 Å². The van der Waals surface area contributed by atoms with Gasteiger partial charge in [0.2, 0.25) is 5.91 Å². The molecule has 1 aromatic heterocycles. The summed E-state index contributed by atoms with van der Waals surface area (Å²) in [6.45, 7) is 1.91. The van der Waals surface area contributed by atoms with Gasteiger partial charge in [-0.1, -0.05) is 12.1 Å². The number of aromatic nitrogens is 2. The van der Waals surface area contributed by atoms with Gasteiger partial charge in [-0.05, 0) is 31.0 Å². The number of carbonyl (C=O) groups excluding carboxylic acids is 3. The van der Waals surface area contributed by atoms with Gasteiger partial charge >= 0.3 is 6.09 Å². The van der Waals surface area contributed by atoms with Crippen molar-refractivity contribution in [1.82, 2.24) is 20.0 Å². The number of anilines is 1. The average Bonchev–Trinajstić information content (AvgIpc) is 3.40. The minimum atomic E-state index is -0.513. The van der Waals surface area contributed by atoms with E-state index in [9.17, 15) is 18.8 Å². The number of nitrogens with one attached hydrogen (secondary N) is 2. The van der Waals surface area contributed by atoms with Crippen LogP contribution in [0.15, 0.2) is 30.3 Å². The Labute approximate surface area is 172 Å². The molecule has 2 aliphatic rings. The normalized spacial score (nSPS) is 17.2. The van der Waals surface area contributed by atoms with Gasteiger partial charge in [-0.3, -0.25) is 19.6 Å². The number of piperidine rings is 1. The zero-order chi connectivity index (χ0) is 21.1. The Balaban J connectivity index is 1.30. The summed E-state index contributed by atoms with van der Waals surface area (Å²) in [4.78, 5) is 39.4. The molecule has 9 nitrogen and oxygen atoms in total. The van der Waals surface area contributed by atoms with Crippen LogP contribution in [0.5, 0.6) is 0 Å². The second-order valence-corrected chi connectivity index (χ2v) is 7.33. The number of likely N-dealkylation sites (tertiary alicyclic amines) is 1. The van der Waals surface area contributed by atoms with Crippen LogP contribution < -0.4 is 5.32 Å². The van der Waals surface area contributed by atoms with E-state index in [-0.39, 0.29) is 29.8 Å². The number of nitrogens with zero attached hydrogens (tertiary/aromatic N) is 3. The smallest absolute Gasteiger partial charge is 0.410 e. The molecule has 30 heavy (non-hydrogen) atoms. The van der Waals surface area contributed by atoms with Gasteiger partial charge in [0.25, 0.3) is 5.91 Å². The Bertz CT molecular complexity index is 954. The van der Waals surface area contributed by atoms with Crippen LogP contribution in [0.4, 0.5) is 14.9 Å². The maximum Gasteiger partial charge on any atom is 0.410 e. The van der Waals surface area contributed by atoms with Gasteiger partial charge in [-0.2, -0.15) is 5.10 Å². The van der Waals surface area contributed by atoms with Gasteiger partial charge in [0.1, 0.15) is 19.0 Å². The molecule has 10 heteroatoms. The van der Waals surface area contributed by atoms with Gasteiger partial charge in [-0.25, -0.2) is 9.18 Å². The van der Waals surface area contributed by atoms with Crippen molar-refractivity contribution in [2.24, 2.45) is 0 Å². The van der Waals surface area contributed by atoms with Crippen molar-refractivity contribution in [3.8, 4) is 0 Å². The third kappa shape index (κ3) is 4.27. The summed E-state index contributed by atoms with van der Waals surface area (Å²) >= 11 is 0. The summed E-state index contributed by atoms with van der Waals surface area (Å²) < 4.78 is 18.6. The van der Waals surface area contributed by atoms with Crippen LogP contribution in [0.1, 0.15) is 34.9 Å². The first-order chi connectivity index (χ1) is 14.5. The Morgan fingerprint density at radius 3 is 2.70 bits per heavy atom. The van der Waals surface area contributed by atoms with Crippen LogP contribution in [0.3, 0.4) is 0 Å². The summed E-state index contributed by atoms with van der Waals surface area (Å²) in [6, 6.07) is 7.60. The Hall–Kier alpha value is -3.43. The van der Waals surface area contributed by atoms with E-state index >= 15 is 0 Å². The maximum atomic E-state index is 13.7. The third-order valence-corrected chi connectivity index (χ3v) is 5.41. The van der Waals surface area contributed by atoms with Crippen LogP contribution in [0, 0.1) is 5.82 Å². The first-order valence-electron chi connectivity index (χ1n) is 9.82. The molecular formula is C20H22FN5O4. The summed E-state index contributed by atoms with van der Waals surface area (Å²) in [5.41, 5.74) is 1.09. The molecule has 2 aromatic rings. The van der Waals surface area contributed by atoms with Gasteiger partial charge in [-0.15, -0.1) is 0 Å². The second-order valence-electron chi connectivity index (χ2n) is 7.33. The Kier molecular flexibility index (Phi) is 5.64. The summed E-state index contributed by atoms with van der Waals surface area (Å²) in [7, 11) is 0. The Morgan fingerprint density at radius 1 is 1.23 bits per heavy atom. The zero-order valence-electron chi connectivity index (χ0n) is 16.3. The predicted molar refractivity (Wildman–Crippen MR) is 104 cm³/mol. The number of benzene rings is 1.